The van der Waals surface area contributed by atoms with E-state index in [4.69, 9.17) is 4.74 Å². The molecule has 0 saturated carbocycles. The predicted octanol–water partition coefficient (Wildman–Crippen LogP) is 3.10. The summed E-state index contributed by atoms with van der Waals surface area (Å²) in [6, 6.07) is 15.1. The van der Waals surface area contributed by atoms with Crippen molar-refractivity contribution in [2.45, 2.75) is 0 Å². The van der Waals surface area contributed by atoms with E-state index in [-0.39, 0.29) is 11.7 Å². The predicted molar refractivity (Wildman–Crippen MR) is 93.6 cm³/mol. The van der Waals surface area contributed by atoms with Crippen molar-refractivity contribution in [3.63, 3.8) is 0 Å². The molecule has 3 N–H and O–H groups in total. The van der Waals surface area contributed by atoms with E-state index in [0.717, 1.165) is 16.8 Å². The Balaban J connectivity index is 1.56. The first kappa shape index (κ1) is 14.9. The van der Waals surface area contributed by atoms with Crippen LogP contribution < -0.4 is 10.1 Å². The third-order valence-electron chi connectivity index (χ3n) is 3.80. The molecule has 0 fully saturated rings. The topological polar surface area (TPSA) is 95.7 Å². The Morgan fingerprint density at radius 2 is 1.88 bits per heavy atom. The van der Waals surface area contributed by atoms with E-state index in [2.05, 4.69) is 25.5 Å². The minimum Gasteiger partial charge on any atom is -0.457 e. The van der Waals surface area contributed by atoms with Crippen molar-refractivity contribution < 1.29 is 9.53 Å². The first-order valence-electron chi connectivity index (χ1n) is 7.72. The summed E-state index contributed by atoms with van der Waals surface area (Å²) < 4.78 is 5.88. The van der Waals surface area contributed by atoms with E-state index < -0.39 is 0 Å². The highest BCUT2D eigenvalue weighted by atomic mass is 16.5. The van der Waals surface area contributed by atoms with Gasteiger partial charge in [-0.1, -0.05) is 0 Å². The quantitative estimate of drug-likeness (QED) is 0.535. The molecule has 0 radical (unpaired) electrons. The summed E-state index contributed by atoms with van der Waals surface area (Å²) >= 11 is 0. The molecule has 7 heteroatoms. The molecule has 25 heavy (non-hydrogen) atoms. The summed E-state index contributed by atoms with van der Waals surface area (Å²) in [6.07, 6.45) is 1.71. The molecule has 1 amide bonds. The SMILES string of the molecule is CNC(=O)c1nc2ccc(Oc3ccc(-c4ccn[nH]4)cc3)cc2[nH]1. The van der Waals surface area contributed by atoms with Crippen LogP contribution in [0, 0.1) is 0 Å². The Labute approximate surface area is 143 Å². The molecular weight excluding hydrogens is 318 g/mol. The molecule has 0 unspecified atom stereocenters. The van der Waals surface area contributed by atoms with E-state index in [1.807, 2.05) is 48.5 Å². The van der Waals surface area contributed by atoms with Crippen molar-refractivity contribution in [2.75, 3.05) is 7.05 Å². The van der Waals surface area contributed by atoms with Crippen LogP contribution in [0.2, 0.25) is 0 Å². The Hall–Kier alpha value is -3.61. The number of amides is 1. The number of aromatic nitrogens is 4. The average Bonchev–Trinajstić information content (AvgIpc) is 3.31. The van der Waals surface area contributed by atoms with Crippen LogP contribution in [-0.2, 0) is 0 Å². The summed E-state index contributed by atoms with van der Waals surface area (Å²) in [5.41, 5.74) is 3.43. The highest BCUT2D eigenvalue weighted by molar-refractivity contribution is 5.94. The van der Waals surface area contributed by atoms with Gasteiger partial charge in [-0.3, -0.25) is 9.89 Å². The van der Waals surface area contributed by atoms with Gasteiger partial charge in [-0.05, 0) is 48.0 Å². The van der Waals surface area contributed by atoms with Gasteiger partial charge in [0.2, 0.25) is 0 Å². The maximum atomic E-state index is 11.6. The molecule has 0 bridgehead atoms. The molecule has 2 heterocycles. The van der Waals surface area contributed by atoms with Crippen LogP contribution in [0.1, 0.15) is 10.6 Å². The van der Waals surface area contributed by atoms with Crippen LogP contribution in [0.25, 0.3) is 22.3 Å². The van der Waals surface area contributed by atoms with Gasteiger partial charge < -0.3 is 15.0 Å². The van der Waals surface area contributed by atoms with Crippen molar-refractivity contribution in [1.82, 2.24) is 25.5 Å². The molecule has 4 aromatic rings. The van der Waals surface area contributed by atoms with Crippen molar-refractivity contribution in [2.24, 2.45) is 0 Å². The first-order chi connectivity index (χ1) is 12.2. The molecule has 0 aliphatic carbocycles. The number of carbonyl (C=O) groups excluding carboxylic acids is 1. The standard InChI is InChI=1S/C18H15N5O2/c1-19-18(24)17-21-15-7-6-13(10-16(15)22-17)25-12-4-2-11(3-5-12)14-8-9-20-23-14/h2-10H,1H3,(H,19,24)(H,20,23)(H,21,22). The Bertz CT molecular complexity index is 1020. The minimum absolute atomic E-state index is 0.256. The Morgan fingerprint density at radius 1 is 1.08 bits per heavy atom. The van der Waals surface area contributed by atoms with Crippen LogP contribution in [0.4, 0.5) is 0 Å². The fourth-order valence-corrected chi connectivity index (χ4v) is 2.53. The maximum absolute atomic E-state index is 11.6. The van der Waals surface area contributed by atoms with Crippen LogP contribution in [-0.4, -0.2) is 33.1 Å². The Morgan fingerprint density at radius 3 is 2.60 bits per heavy atom. The number of nitrogens with zero attached hydrogens (tertiary/aromatic N) is 2. The second kappa shape index (κ2) is 6.12. The van der Waals surface area contributed by atoms with Crippen LogP contribution in [0.15, 0.2) is 54.7 Å². The third kappa shape index (κ3) is 2.94. The van der Waals surface area contributed by atoms with Gasteiger partial charge >= 0.3 is 0 Å². The highest BCUT2D eigenvalue weighted by Crippen LogP contribution is 2.27. The van der Waals surface area contributed by atoms with Gasteiger partial charge in [0.15, 0.2) is 5.82 Å². The molecular formula is C18H15N5O2. The first-order valence-corrected chi connectivity index (χ1v) is 7.72. The lowest BCUT2D eigenvalue weighted by Crippen LogP contribution is -2.19. The van der Waals surface area contributed by atoms with E-state index in [1.54, 1.807) is 13.2 Å². The summed E-state index contributed by atoms with van der Waals surface area (Å²) in [7, 11) is 1.57. The van der Waals surface area contributed by atoms with Crippen molar-refractivity contribution in [1.29, 1.82) is 0 Å². The number of imidazole rings is 1. The number of carbonyl (C=O) groups is 1. The number of benzene rings is 2. The molecule has 0 aliphatic heterocycles. The lowest BCUT2D eigenvalue weighted by molar-refractivity contribution is 0.0954. The second-order valence-corrected chi connectivity index (χ2v) is 5.44. The summed E-state index contributed by atoms with van der Waals surface area (Å²) in [6.45, 7) is 0. The normalized spacial score (nSPS) is 10.8. The number of nitrogens with one attached hydrogen (secondary N) is 3. The number of H-pyrrole nitrogens is 2. The van der Waals surface area contributed by atoms with Crippen LogP contribution in [0.5, 0.6) is 11.5 Å². The molecule has 0 atom stereocenters. The van der Waals surface area contributed by atoms with E-state index >= 15 is 0 Å². The second-order valence-electron chi connectivity index (χ2n) is 5.44. The fraction of sp³-hybridized carbons (Fsp3) is 0.0556. The zero-order chi connectivity index (χ0) is 17.2. The molecule has 7 nitrogen and oxygen atoms in total. The van der Waals surface area contributed by atoms with Gasteiger partial charge in [0.05, 0.1) is 16.7 Å². The van der Waals surface area contributed by atoms with Crippen LogP contribution >= 0.6 is 0 Å². The van der Waals surface area contributed by atoms with E-state index in [9.17, 15) is 4.79 Å². The van der Waals surface area contributed by atoms with Gasteiger partial charge in [-0.25, -0.2) is 4.98 Å². The molecule has 2 aromatic heterocycles. The van der Waals surface area contributed by atoms with Crippen molar-refractivity contribution in [3.05, 3.63) is 60.6 Å². The molecule has 4 rings (SSSR count). The van der Waals surface area contributed by atoms with Gasteiger partial charge in [0, 0.05) is 19.3 Å². The van der Waals surface area contributed by atoms with Gasteiger partial charge in [0.1, 0.15) is 11.5 Å². The third-order valence-corrected chi connectivity index (χ3v) is 3.80. The van der Waals surface area contributed by atoms with Crippen molar-refractivity contribution >= 4 is 16.9 Å². The van der Waals surface area contributed by atoms with E-state index in [0.29, 0.717) is 17.0 Å². The molecule has 0 aliphatic rings. The maximum Gasteiger partial charge on any atom is 0.286 e. The lowest BCUT2D eigenvalue weighted by atomic mass is 10.1. The number of hydrogen-bond acceptors (Lipinski definition) is 4. The summed E-state index contributed by atoms with van der Waals surface area (Å²) in [5.74, 6) is 1.40. The van der Waals surface area contributed by atoms with Gasteiger partial charge in [0.25, 0.3) is 5.91 Å². The number of ether oxygens (including phenoxy) is 1. The van der Waals surface area contributed by atoms with Crippen LogP contribution in [0.3, 0.4) is 0 Å². The summed E-state index contributed by atoms with van der Waals surface area (Å²) in [5, 5.41) is 9.41. The smallest absolute Gasteiger partial charge is 0.286 e. The lowest BCUT2D eigenvalue weighted by Gasteiger charge is -2.06. The molecule has 2 aromatic carbocycles. The minimum atomic E-state index is -0.256. The van der Waals surface area contributed by atoms with Gasteiger partial charge in [-0.2, -0.15) is 5.10 Å². The average molecular weight is 333 g/mol. The zero-order valence-corrected chi connectivity index (χ0v) is 13.4. The molecule has 124 valence electrons. The highest BCUT2D eigenvalue weighted by Gasteiger charge is 2.10. The van der Waals surface area contributed by atoms with Crippen molar-refractivity contribution in [3.8, 4) is 22.8 Å². The monoisotopic (exact) mass is 333 g/mol. The number of hydrogen-bond donors (Lipinski definition) is 3. The molecule has 0 spiro atoms. The Kier molecular flexibility index (Phi) is 3.66. The number of aromatic amines is 2. The number of rotatable bonds is 4. The largest absolute Gasteiger partial charge is 0.457 e. The fourth-order valence-electron chi connectivity index (χ4n) is 2.53. The number of fused-ring (bicyclic) bond motifs is 1. The van der Waals surface area contributed by atoms with E-state index in [1.165, 1.54) is 0 Å². The molecule has 0 saturated heterocycles. The van der Waals surface area contributed by atoms with Gasteiger partial charge in [-0.15, -0.1) is 0 Å². The zero-order valence-electron chi connectivity index (χ0n) is 13.4. The summed E-state index contributed by atoms with van der Waals surface area (Å²) in [4.78, 5) is 18.9.